The van der Waals surface area contributed by atoms with Crippen LogP contribution in [0, 0.1) is 33.5 Å². The second-order valence-corrected chi connectivity index (χ2v) is 13.5. The number of hydrogen-bond donors (Lipinski definition) is 0. The number of carbonyl (C=O) groups excluding carboxylic acids is 2. The number of carbonyl (C=O) groups is 2. The fourth-order valence-corrected chi connectivity index (χ4v) is 10.2. The Hall–Kier alpha value is -1.06. The summed E-state index contributed by atoms with van der Waals surface area (Å²) in [6.45, 7) is 12.6. The molecule has 0 spiro atoms. The predicted molar refractivity (Wildman–Crippen MR) is 101 cm³/mol. The number of hydrogen-bond acceptors (Lipinski definition) is 4. The van der Waals surface area contributed by atoms with Crippen LogP contribution in [0.25, 0.3) is 0 Å². The first kappa shape index (κ1) is 18.0. The van der Waals surface area contributed by atoms with E-state index in [0.717, 1.165) is 25.7 Å². The fourth-order valence-electron chi connectivity index (χ4n) is 6.58. The number of ether oxygens (including phenoxy) is 1. The van der Waals surface area contributed by atoms with Crippen LogP contribution in [0.3, 0.4) is 0 Å². The Kier molecular flexibility index (Phi) is 3.16. The van der Waals surface area contributed by atoms with Crippen molar-refractivity contribution in [2.24, 2.45) is 33.5 Å². The zero-order valence-electron chi connectivity index (χ0n) is 17.0. The van der Waals surface area contributed by atoms with Crippen molar-refractivity contribution >= 4 is 25.4 Å². The number of Topliss-reactive ketones (excluding diaryl/α,β-unsaturated/α-hetero) is 2. The van der Waals surface area contributed by atoms with E-state index in [2.05, 4.69) is 27.7 Å². The van der Waals surface area contributed by atoms with Gasteiger partial charge in [-0.25, -0.2) is 0 Å². The zero-order chi connectivity index (χ0) is 19.7. The van der Waals surface area contributed by atoms with Crippen molar-refractivity contribution in [3.8, 4) is 0 Å². The summed E-state index contributed by atoms with van der Waals surface area (Å²) in [6, 6.07) is 0. The molecular weight excluding hydrogens is 407 g/mol. The second kappa shape index (κ2) is 4.74. The van der Waals surface area contributed by atoms with Crippen molar-refractivity contribution in [3.05, 3.63) is 20.5 Å². The quantitative estimate of drug-likeness (QED) is 0.538. The zero-order valence-corrected chi connectivity index (χ0v) is 18.7. The molecule has 146 valence electrons. The molecule has 2 fully saturated rings. The fraction of sp³-hybridized carbons (Fsp3) is 0.727. The molecule has 0 radical (unpaired) electrons. The van der Waals surface area contributed by atoms with E-state index >= 15 is 0 Å². The summed E-state index contributed by atoms with van der Waals surface area (Å²) in [5, 5.41) is 0. The first-order valence-electron chi connectivity index (χ1n) is 10.1. The summed E-state index contributed by atoms with van der Waals surface area (Å²) >= 11 is -2.91. The van der Waals surface area contributed by atoms with Crippen molar-refractivity contribution in [1.29, 1.82) is 0 Å². The number of rotatable bonds is 0. The molecule has 5 rings (SSSR count). The molecule has 0 N–H and O–H groups in total. The van der Waals surface area contributed by atoms with Gasteiger partial charge in [0.2, 0.25) is 0 Å². The second-order valence-electron chi connectivity index (χ2n) is 10.7. The molecule has 4 aliphatic carbocycles. The van der Waals surface area contributed by atoms with Crippen LogP contribution in [0.2, 0.25) is 0 Å². The van der Waals surface area contributed by atoms with E-state index in [9.17, 15) is 13.4 Å². The SMILES string of the molecule is CC12CCC(C3=C(C1=O)[Se](=O)C1=C(O3)C3CCC(C)(C1=O)C3(C)C)C2(C)C. The molecule has 0 aromatic rings. The Balaban J connectivity index is 1.71. The van der Waals surface area contributed by atoms with Crippen LogP contribution in [-0.2, 0) is 18.2 Å². The van der Waals surface area contributed by atoms with Gasteiger partial charge in [0.05, 0.1) is 0 Å². The average molecular weight is 435 g/mol. The Bertz CT molecular complexity index is 849. The van der Waals surface area contributed by atoms with Gasteiger partial charge in [-0.1, -0.05) is 0 Å². The van der Waals surface area contributed by atoms with Crippen LogP contribution < -0.4 is 0 Å². The molecule has 1 heterocycles. The van der Waals surface area contributed by atoms with E-state index < -0.39 is 24.7 Å². The molecule has 5 heteroatoms. The molecular formula is C22H28O4Se. The van der Waals surface area contributed by atoms with Crippen molar-refractivity contribution in [2.75, 3.05) is 0 Å². The third-order valence-corrected chi connectivity index (χ3v) is 12.7. The van der Waals surface area contributed by atoms with Gasteiger partial charge in [0.15, 0.2) is 0 Å². The van der Waals surface area contributed by atoms with Gasteiger partial charge in [0.1, 0.15) is 0 Å². The van der Waals surface area contributed by atoms with Crippen LogP contribution in [0.15, 0.2) is 20.5 Å². The normalized spacial score (nSPS) is 46.4. The summed E-state index contributed by atoms with van der Waals surface area (Å²) < 4.78 is 21.0. The summed E-state index contributed by atoms with van der Waals surface area (Å²) in [5.41, 5.74) is -1.45. The maximum absolute atomic E-state index is 13.7. The van der Waals surface area contributed by atoms with Gasteiger partial charge in [-0.3, -0.25) is 0 Å². The molecule has 4 atom stereocenters. The molecule has 27 heavy (non-hydrogen) atoms. The molecule has 2 saturated carbocycles. The summed E-state index contributed by atoms with van der Waals surface area (Å²) in [4.78, 5) is 27.0. The minimum absolute atomic E-state index is 0.0297. The first-order chi connectivity index (χ1) is 12.4. The van der Waals surface area contributed by atoms with E-state index in [4.69, 9.17) is 4.74 Å². The van der Waals surface area contributed by atoms with Gasteiger partial charge >= 0.3 is 165 Å². The number of ketones is 2. The molecule has 4 nitrogen and oxygen atoms in total. The third kappa shape index (κ3) is 1.66. The molecule has 0 aromatic carbocycles. The van der Waals surface area contributed by atoms with Crippen molar-refractivity contribution in [2.45, 2.75) is 67.2 Å². The minimum atomic E-state index is -2.91. The van der Waals surface area contributed by atoms with E-state index in [1.54, 1.807) is 0 Å². The summed E-state index contributed by atoms with van der Waals surface area (Å²) in [7, 11) is 0. The topological polar surface area (TPSA) is 60.4 Å². The molecule has 0 aromatic heterocycles. The molecule has 0 amide bonds. The van der Waals surface area contributed by atoms with Crippen molar-refractivity contribution < 1.29 is 18.2 Å². The van der Waals surface area contributed by atoms with Crippen LogP contribution >= 0.6 is 0 Å². The predicted octanol–water partition coefficient (Wildman–Crippen LogP) is 4.08. The van der Waals surface area contributed by atoms with Crippen LogP contribution in [-0.4, -0.2) is 25.4 Å². The molecule has 4 unspecified atom stereocenters. The summed E-state index contributed by atoms with van der Waals surface area (Å²) in [6.07, 6.45) is 3.36. The van der Waals surface area contributed by atoms with Gasteiger partial charge in [-0.15, -0.1) is 0 Å². The van der Waals surface area contributed by atoms with Crippen LogP contribution in [0.1, 0.15) is 67.2 Å². The Morgan fingerprint density at radius 2 is 1.15 bits per heavy atom. The Morgan fingerprint density at radius 3 is 1.52 bits per heavy atom. The van der Waals surface area contributed by atoms with Crippen molar-refractivity contribution in [1.82, 2.24) is 0 Å². The number of allylic oxidation sites excluding steroid dienone is 4. The van der Waals surface area contributed by atoms with E-state index in [1.807, 2.05) is 13.8 Å². The molecule has 0 saturated heterocycles. The van der Waals surface area contributed by atoms with Crippen molar-refractivity contribution in [3.63, 3.8) is 0 Å². The molecule has 1 aliphatic heterocycles. The molecule has 5 aliphatic rings. The Morgan fingerprint density at radius 1 is 0.778 bits per heavy atom. The van der Waals surface area contributed by atoms with Crippen LogP contribution in [0.5, 0.6) is 0 Å². The van der Waals surface area contributed by atoms with Gasteiger partial charge in [-0.2, -0.15) is 0 Å². The molecule has 4 bridgehead atoms. The van der Waals surface area contributed by atoms with Gasteiger partial charge in [0, 0.05) is 0 Å². The van der Waals surface area contributed by atoms with E-state index in [1.165, 1.54) is 0 Å². The van der Waals surface area contributed by atoms with Gasteiger partial charge in [0.25, 0.3) is 0 Å². The van der Waals surface area contributed by atoms with E-state index in [-0.39, 0.29) is 34.2 Å². The Labute approximate surface area is 164 Å². The third-order valence-electron chi connectivity index (χ3n) is 9.54. The van der Waals surface area contributed by atoms with Gasteiger partial charge in [-0.05, 0) is 0 Å². The van der Waals surface area contributed by atoms with E-state index in [0.29, 0.717) is 20.5 Å². The number of fused-ring (bicyclic) bond motifs is 6. The van der Waals surface area contributed by atoms with Crippen LogP contribution in [0.4, 0.5) is 0 Å². The van der Waals surface area contributed by atoms with Gasteiger partial charge < -0.3 is 0 Å². The summed E-state index contributed by atoms with van der Waals surface area (Å²) in [5.74, 6) is 1.46. The average Bonchev–Trinajstić information content (AvgIpc) is 2.84. The maximum atomic E-state index is 13.7. The monoisotopic (exact) mass is 436 g/mol. The first-order valence-corrected chi connectivity index (χ1v) is 12.5. The standard InChI is InChI=1S/C22H28O4Se/c1-19(2)11-7-9-21(19,5)17(23)15-13(11)26-14-12-8-10-22(6,20(12,3)4)18(24)16(14)27(15)25/h11-12H,7-10H2,1-6H3.